The first-order valence-corrected chi connectivity index (χ1v) is 8.88. The fourth-order valence-electron chi connectivity index (χ4n) is 2.65. The van der Waals surface area contributed by atoms with Crippen LogP contribution in [0.25, 0.3) is 10.9 Å². The van der Waals surface area contributed by atoms with Gasteiger partial charge in [-0.1, -0.05) is 26.2 Å². The van der Waals surface area contributed by atoms with Crippen LogP contribution in [0.2, 0.25) is 0 Å². The number of hydrogen-bond donors (Lipinski definition) is 3. The van der Waals surface area contributed by atoms with Crippen molar-refractivity contribution in [3.05, 3.63) is 30.0 Å². The molecule has 1 aromatic heterocycles. The second-order valence-corrected chi connectivity index (χ2v) is 6.24. The Balaban J connectivity index is 1.76. The first kappa shape index (κ1) is 19.8. The van der Waals surface area contributed by atoms with E-state index in [9.17, 15) is 14.7 Å². The fourth-order valence-corrected chi connectivity index (χ4v) is 2.65. The Kier molecular flexibility index (Phi) is 7.47. The number of nitrogens with one attached hydrogen (secondary N) is 1. The standard InChI is InChI=1S/C19H26N2O5/c1-2-3-4-5-8-25-18(23)12-26-19(24)16(20)9-13-11-21-17-7-6-14(22)10-15(13)17/h6-7,10-11,16,21-22H,2-5,8-9,12,20H2,1H3/t16-/m0/s1. The summed E-state index contributed by atoms with van der Waals surface area (Å²) in [4.78, 5) is 26.6. The Bertz CT molecular complexity index is 741. The second kappa shape index (κ2) is 9.82. The highest BCUT2D eigenvalue weighted by Crippen LogP contribution is 2.23. The molecule has 1 heterocycles. The molecule has 7 nitrogen and oxygen atoms in total. The van der Waals surface area contributed by atoms with E-state index < -0.39 is 24.6 Å². The van der Waals surface area contributed by atoms with Crippen molar-refractivity contribution in [2.75, 3.05) is 13.2 Å². The van der Waals surface area contributed by atoms with Crippen LogP contribution in [0.1, 0.15) is 38.2 Å². The lowest BCUT2D eigenvalue weighted by atomic mass is 10.1. The summed E-state index contributed by atoms with van der Waals surface area (Å²) in [6.45, 7) is 2.00. The van der Waals surface area contributed by atoms with Gasteiger partial charge in [-0.15, -0.1) is 0 Å². The van der Waals surface area contributed by atoms with Crippen molar-refractivity contribution in [1.82, 2.24) is 4.98 Å². The SMILES string of the molecule is CCCCCCOC(=O)COC(=O)[C@@H](N)Cc1c[nH]c2ccc(O)cc12. The van der Waals surface area contributed by atoms with E-state index in [1.54, 1.807) is 24.4 Å². The number of unbranched alkanes of at least 4 members (excludes halogenated alkanes) is 3. The average Bonchev–Trinajstić information content (AvgIpc) is 3.01. The third-order valence-corrected chi connectivity index (χ3v) is 4.09. The highest BCUT2D eigenvalue weighted by molar-refractivity contribution is 5.86. The van der Waals surface area contributed by atoms with Crippen molar-refractivity contribution >= 4 is 22.8 Å². The van der Waals surface area contributed by atoms with Crippen LogP contribution in [-0.4, -0.2) is 41.3 Å². The molecule has 4 N–H and O–H groups in total. The highest BCUT2D eigenvalue weighted by Gasteiger charge is 2.19. The lowest BCUT2D eigenvalue weighted by Gasteiger charge is -2.11. The van der Waals surface area contributed by atoms with Gasteiger partial charge in [-0.05, 0) is 30.2 Å². The minimum atomic E-state index is -0.909. The monoisotopic (exact) mass is 362 g/mol. The molecule has 26 heavy (non-hydrogen) atoms. The summed E-state index contributed by atoms with van der Waals surface area (Å²) in [7, 11) is 0. The molecule has 0 aliphatic carbocycles. The molecule has 1 aromatic carbocycles. The number of nitrogens with two attached hydrogens (primary N) is 1. The number of phenolic OH excluding ortho intramolecular Hbond substituents is 1. The van der Waals surface area contributed by atoms with E-state index in [-0.39, 0.29) is 12.2 Å². The van der Waals surface area contributed by atoms with E-state index in [2.05, 4.69) is 11.9 Å². The van der Waals surface area contributed by atoms with Crippen LogP contribution in [-0.2, 0) is 25.5 Å². The lowest BCUT2D eigenvalue weighted by molar-refractivity contribution is -0.159. The zero-order valence-electron chi connectivity index (χ0n) is 15.0. The van der Waals surface area contributed by atoms with Crippen molar-refractivity contribution in [2.45, 2.75) is 45.1 Å². The number of benzene rings is 1. The predicted molar refractivity (Wildman–Crippen MR) is 97.7 cm³/mol. The average molecular weight is 362 g/mol. The van der Waals surface area contributed by atoms with Crippen LogP contribution in [0.5, 0.6) is 5.75 Å². The number of aromatic hydroxyl groups is 1. The summed E-state index contributed by atoms with van der Waals surface area (Å²) in [6, 6.07) is 4.02. The number of aromatic amines is 1. The molecule has 0 fully saturated rings. The molecule has 2 rings (SSSR count). The molecule has 0 aliphatic heterocycles. The zero-order chi connectivity index (χ0) is 18.9. The first-order chi connectivity index (χ1) is 12.5. The molecule has 0 spiro atoms. The van der Waals surface area contributed by atoms with Crippen LogP contribution < -0.4 is 5.73 Å². The maximum Gasteiger partial charge on any atom is 0.344 e. The van der Waals surface area contributed by atoms with E-state index in [1.165, 1.54) is 0 Å². The summed E-state index contributed by atoms with van der Waals surface area (Å²) in [5.74, 6) is -1.10. The van der Waals surface area contributed by atoms with Gasteiger partial charge >= 0.3 is 11.9 Å². The number of fused-ring (bicyclic) bond motifs is 1. The third kappa shape index (κ3) is 5.77. The highest BCUT2D eigenvalue weighted by atomic mass is 16.6. The van der Waals surface area contributed by atoms with E-state index in [1.807, 2.05) is 0 Å². The molecule has 0 saturated carbocycles. The lowest BCUT2D eigenvalue weighted by Crippen LogP contribution is -2.35. The third-order valence-electron chi connectivity index (χ3n) is 4.09. The largest absolute Gasteiger partial charge is 0.508 e. The summed E-state index contributed by atoms with van der Waals surface area (Å²) >= 11 is 0. The minimum Gasteiger partial charge on any atom is -0.508 e. The van der Waals surface area contributed by atoms with Gasteiger partial charge in [0.15, 0.2) is 6.61 Å². The molecule has 0 amide bonds. The van der Waals surface area contributed by atoms with Crippen molar-refractivity contribution in [3.63, 3.8) is 0 Å². The van der Waals surface area contributed by atoms with Crippen LogP contribution in [0.3, 0.4) is 0 Å². The first-order valence-electron chi connectivity index (χ1n) is 8.88. The van der Waals surface area contributed by atoms with Gasteiger partial charge in [-0.2, -0.15) is 0 Å². The number of esters is 2. The summed E-state index contributed by atoms with van der Waals surface area (Å²) in [5, 5.41) is 10.4. The van der Waals surface area contributed by atoms with E-state index in [0.29, 0.717) is 6.61 Å². The maximum atomic E-state index is 12.0. The Morgan fingerprint density at radius 3 is 2.81 bits per heavy atom. The van der Waals surface area contributed by atoms with Crippen LogP contribution >= 0.6 is 0 Å². The van der Waals surface area contributed by atoms with E-state index >= 15 is 0 Å². The number of rotatable bonds is 10. The Labute approximate surface area is 152 Å². The summed E-state index contributed by atoms with van der Waals surface area (Å²) < 4.78 is 9.94. The van der Waals surface area contributed by atoms with Gasteiger partial charge in [0.2, 0.25) is 0 Å². The van der Waals surface area contributed by atoms with Gasteiger partial charge in [0.1, 0.15) is 11.8 Å². The number of aromatic nitrogens is 1. The molecule has 7 heteroatoms. The normalized spacial score (nSPS) is 12.1. The molecule has 142 valence electrons. The quantitative estimate of drug-likeness (QED) is 0.442. The molecule has 0 bridgehead atoms. The summed E-state index contributed by atoms with van der Waals surface area (Å²) in [6.07, 6.45) is 6.00. The van der Waals surface area contributed by atoms with Gasteiger partial charge in [0, 0.05) is 23.5 Å². The zero-order valence-corrected chi connectivity index (χ0v) is 15.0. The molecule has 0 unspecified atom stereocenters. The number of carbonyl (C=O) groups is 2. The number of phenols is 1. The second-order valence-electron chi connectivity index (χ2n) is 6.24. The van der Waals surface area contributed by atoms with E-state index in [0.717, 1.165) is 42.1 Å². The van der Waals surface area contributed by atoms with Crippen molar-refractivity contribution < 1.29 is 24.2 Å². The molecular formula is C19H26N2O5. The Hall–Kier alpha value is -2.54. The Morgan fingerprint density at radius 2 is 2.04 bits per heavy atom. The molecule has 2 aromatic rings. The van der Waals surface area contributed by atoms with Crippen molar-refractivity contribution in [2.24, 2.45) is 5.73 Å². The topological polar surface area (TPSA) is 115 Å². The van der Waals surface area contributed by atoms with Gasteiger partial charge < -0.3 is 25.3 Å². The minimum absolute atomic E-state index is 0.135. The van der Waals surface area contributed by atoms with Crippen LogP contribution in [0.4, 0.5) is 0 Å². The van der Waals surface area contributed by atoms with Crippen molar-refractivity contribution in [3.8, 4) is 5.75 Å². The van der Waals surface area contributed by atoms with Gasteiger partial charge in [-0.25, -0.2) is 4.79 Å². The maximum absolute atomic E-state index is 12.0. The smallest absolute Gasteiger partial charge is 0.344 e. The van der Waals surface area contributed by atoms with Crippen LogP contribution in [0, 0.1) is 0 Å². The number of H-pyrrole nitrogens is 1. The Morgan fingerprint density at radius 1 is 1.23 bits per heavy atom. The number of ether oxygens (including phenoxy) is 2. The van der Waals surface area contributed by atoms with E-state index in [4.69, 9.17) is 15.2 Å². The molecular weight excluding hydrogens is 336 g/mol. The number of hydrogen-bond acceptors (Lipinski definition) is 6. The molecule has 0 radical (unpaired) electrons. The summed E-state index contributed by atoms with van der Waals surface area (Å²) in [5.41, 5.74) is 7.50. The van der Waals surface area contributed by atoms with Gasteiger partial charge in [-0.3, -0.25) is 4.79 Å². The van der Waals surface area contributed by atoms with Gasteiger partial charge in [0.25, 0.3) is 0 Å². The molecule has 0 saturated heterocycles. The van der Waals surface area contributed by atoms with Crippen LogP contribution in [0.15, 0.2) is 24.4 Å². The van der Waals surface area contributed by atoms with Crippen molar-refractivity contribution in [1.29, 1.82) is 0 Å². The number of carbonyl (C=O) groups excluding carboxylic acids is 2. The fraction of sp³-hybridized carbons (Fsp3) is 0.474. The van der Waals surface area contributed by atoms with Gasteiger partial charge in [0.05, 0.1) is 6.61 Å². The molecule has 1 atom stereocenters. The predicted octanol–water partition coefficient (Wildman–Crippen LogP) is 2.41. The molecule has 0 aliphatic rings.